The Balaban J connectivity index is 1.24. The molecule has 0 saturated carbocycles. The van der Waals surface area contributed by atoms with Crippen LogP contribution >= 0.6 is 11.6 Å². The highest BCUT2D eigenvalue weighted by atomic mass is 35.5. The first-order valence-electron chi connectivity index (χ1n) is 8.87. The van der Waals surface area contributed by atoms with Crippen molar-refractivity contribution in [3.8, 4) is 11.4 Å². The maximum Gasteiger partial charge on any atom is 0.234 e. The molecule has 3 heterocycles. The number of aromatic nitrogens is 2. The van der Waals surface area contributed by atoms with Gasteiger partial charge >= 0.3 is 0 Å². The van der Waals surface area contributed by atoms with Crippen molar-refractivity contribution in [3.05, 3.63) is 35.2 Å². The topological polar surface area (TPSA) is 80.5 Å². The molecule has 0 unspecified atom stereocenters. The van der Waals surface area contributed by atoms with Crippen molar-refractivity contribution in [1.29, 1.82) is 0 Å². The van der Waals surface area contributed by atoms with Gasteiger partial charge < -0.3 is 14.6 Å². The third-order valence-corrected chi connectivity index (χ3v) is 4.98. The van der Waals surface area contributed by atoms with E-state index >= 15 is 0 Å². The molecule has 2 aromatic rings. The van der Waals surface area contributed by atoms with Gasteiger partial charge in [-0.1, -0.05) is 28.9 Å². The number of ether oxygens (including phenoxy) is 1. The van der Waals surface area contributed by atoms with Crippen LogP contribution in [0.1, 0.15) is 24.7 Å². The Morgan fingerprint density at radius 3 is 3.04 bits per heavy atom. The van der Waals surface area contributed by atoms with E-state index < -0.39 is 0 Å². The number of nitrogens with zero attached hydrogens (tertiary/aromatic N) is 3. The summed E-state index contributed by atoms with van der Waals surface area (Å²) < 4.78 is 10.9. The van der Waals surface area contributed by atoms with Gasteiger partial charge in [-0.3, -0.25) is 9.69 Å². The minimum Gasteiger partial charge on any atom is -0.376 e. The van der Waals surface area contributed by atoms with Crippen LogP contribution in [0, 0.1) is 0 Å². The highest BCUT2D eigenvalue weighted by molar-refractivity contribution is 6.30. The second kappa shape index (κ2) is 7.73. The summed E-state index contributed by atoms with van der Waals surface area (Å²) in [7, 11) is 0. The van der Waals surface area contributed by atoms with E-state index in [-0.39, 0.29) is 17.9 Å². The Bertz CT molecular complexity index is 769. The van der Waals surface area contributed by atoms with Gasteiger partial charge in [-0.2, -0.15) is 4.98 Å². The van der Waals surface area contributed by atoms with E-state index in [9.17, 15) is 4.79 Å². The number of benzene rings is 1. The smallest absolute Gasteiger partial charge is 0.234 e. The normalized spacial score (nSPS) is 20.9. The predicted molar refractivity (Wildman–Crippen MR) is 95.9 cm³/mol. The van der Waals surface area contributed by atoms with Crippen LogP contribution in [0.15, 0.2) is 28.8 Å². The monoisotopic (exact) mass is 376 g/mol. The molecule has 0 bridgehead atoms. The molecule has 1 aromatic carbocycles. The summed E-state index contributed by atoms with van der Waals surface area (Å²) in [4.78, 5) is 18.5. The summed E-state index contributed by atoms with van der Waals surface area (Å²) in [6, 6.07) is 7.36. The Labute approximate surface area is 156 Å². The molecule has 1 aromatic heterocycles. The molecule has 8 heteroatoms. The van der Waals surface area contributed by atoms with E-state index in [1.54, 1.807) is 6.07 Å². The zero-order valence-electron chi connectivity index (χ0n) is 14.4. The molecule has 0 radical (unpaired) electrons. The molecule has 2 aliphatic rings. The number of amides is 1. The van der Waals surface area contributed by atoms with E-state index in [0.717, 1.165) is 38.1 Å². The SMILES string of the molecule is O=C(CN1CC(c2nc(-c3cccc(Cl)c3)no2)C1)NC[C@H]1CCCO1. The number of carbonyl (C=O) groups excluding carboxylic acids is 1. The Hall–Kier alpha value is -1.96. The number of carbonyl (C=O) groups is 1. The second-order valence-corrected chi connectivity index (χ2v) is 7.23. The van der Waals surface area contributed by atoms with Crippen molar-refractivity contribution >= 4 is 17.5 Å². The molecule has 2 fully saturated rings. The molecule has 0 spiro atoms. The third-order valence-electron chi connectivity index (χ3n) is 4.75. The number of rotatable bonds is 6. The van der Waals surface area contributed by atoms with E-state index in [4.69, 9.17) is 20.9 Å². The Kier molecular flexibility index (Phi) is 5.19. The lowest BCUT2D eigenvalue weighted by Crippen LogP contribution is -2.50. The quantitative estimate of drug-likeness (QED) is 0.831. The zero-order chi connectivity index (χ0) is 17.9. The predicted octanol–water partition coefficient (Wildman–Crippen LogP) is 2.08. The molecule has 26 heavy (non-hydrogen) atoms. The van der Waals surface area contributed by atoms with Crippen LogP contribution in [0.25, 0.3) is 11.4 Å². The van der Waals surface area contributed by atoms with E-state index in [2.05, 4.69) is 20.4 Å². The summed E-state index contributed by atoms with van der Waals surface area (Å²) in [6.45, 7) is 3.27. The molecule has 0 aliphatic carbocycles. The van der Waals surface area contributed by atoms with Crippen molar-refractivity contribution in [1.82, 2.24) is 20.4 Å². The van der Waals surface area contributed by atoms with Crippen molar-refractivity contribution in [2.75, 3.05) is 32.8 Å². The largest absolute Gasteiger partial charge is 0.376 e. The fourth-order valence-electron chi connectivity index (χ4n) is 3.29. The summed E-state index contributed by atoms with van der Waals surface area (Å²) in [5.74, 6) is 1.34. The number of hydrogen-bond acceptors (Lipinski definition) is 6. The highest BCUT2D eigenvalue weighted by Gasteiger charge is 2.33. The lowest BCUT2D eigenvalue weighted by molar-refractivity contribution is -0.123. The lowest BCUT2D eigenvalue weighted by Gasteiger charge is -2.36. The third kappa shape index (κ3) is 4.06. The number of hydrogen-bond donors (Lipinski definition) is 1. The standard InChI is InChI=1S/C18H21ClN4O3/c19-14-4-1-3-12(7-14)17-21-18(26-22-17)13-9-23(10-13)11-16(24)20-8-15-5-2-6-25-15/h1,3-4,7,13,15H,2,5-6,8-11H2,(H,20,24)/t15-/m1/s1. The number of halogens is 1. The van der Waals surface area contributed by atoms with Gasteiger partial charge in [0.1, 0.15) is 0 Å². The molecule has 1 atom stereocenters. The van der Waals surface area contributed by atoms with E-state index in [1.165, 1.54) is 0 Å². The van der Waals surface area contributed by atoms with Crippen LogP contribution in [0.2, 0.25) is 5.02 Å². The van der Waals surface area contributed by atoms with Crippen molar-refractivity contribution in [3.63, 3.8) is 0 Å². The average molecular weight is 377 g/mol. The summed E-state index contributed by atoms with van der Waals surface area (Å²) in [6.07, 6.45) is 2.28. The van der Waals surface area contributed by atoms with Crippen molar-refractivity contribution < 1.29 is 14.1 Å². The molecule has 7 nitrogen and oxygen atoms in total. The van der Waals surface area contributed by atoms with Crippen molar-refractivity contribution in [2.24, 2.45) is 0 Å². The van der Waals surface area contributed by atoms with Crippen LogP contribution in [-0.4, -0.2) is 59.8 Å². The van der Waals surface area contributed by atoms with Crippen LogP contribution in [0.3, 0.4) is 0 Å². The van der Waals surface area contributed by atoms with Crippen LogP contribution < -0.4 is 5.32 Å². The molecule has 1 amide bonds. The van der Waals surface area contributed by atoms with Crippen LogP contribution in [0.4, 0.5) is 0 Å². The summed E-state index contributed by atoms with van der Waals surface area (Å²) in [5.41, 5.74) is 0.831. The van der Waals surface area contributed by atoms with E-state index in [0.29, 0.717) is 29.8 Å². The van der Waals surface area contributed by atoms with Gasteiger partial charge in [0.25, 0.3) is 0 Å². The first-order chi connectivity index (χ1) is 12.7. The fourth-order valence-corrected chi connectivity index (χ4v) is 3.48. The molecular weight excluding hydrogens is 356 g/mol. The van der Waals surface area contributed by atoms with E-state index in [1.807, 2.05) is 18.2 Å². The lowest BCUT2D eigenvalue weighted by atomic mass is 10.0. The zero-order valence-corrected chi connectivity index (χ0v) is 15.1. The average Bonchev–Trinajstić information content (AvgIpc) is 3.27. The van der Waals surface area contributed by atoms with Crippen LogP contribution in [0.5, 0.6) is 0 Å². The molecule has 4 rings (SSSR count). The molecular formula is C18H21ClN4O3. The first-order valence-corrected chi connectivity index (χ1v) is 9.25. The van der Waals surface area contributed by atoms with Crippen molar-refractivity contribution in [2.45, 2.75) is 24.9 Å². The second-order valence-electron chi connectivity index (χ2n) is 6.80. The number of likely N-dealkylation sites (tertiary alicyclic amines) is 1. The van der Waals surface area contributed by atoms with Gasteiger partial charge in [0.05, 0.1) is 18.6 Å². The first kappa shape index (κ1) is 17.5. The maximum absolute atomic E-state index is 12.0. The minimum absolute atomic E-state index is 0.0316. The number of nitrogens with one attached hydrogen (secondary N) is 1. The van der Waals surface area contributed by atoms with Gasteiger partial charge in [0.15, 0.2) is 0 Å². The fraction of sp³-hybridized carbons (Fsp3) is 0.500. The summed E-state index contributed by atoms with van der Waals surface area (Å²) in [5, 5.41) is 7.61. The molecule has 138 valence electrons. The summed E-state index contributed by atoms with van der Waals surface area (Å²) >= 11 is 6.00. The Morgan fingerprint density at radius 1 is 1.38 bits per heavy atom. The molecule has 2 aliphatic heterocycles. The van der Waals surface area contributed by atoms with Gasteiger partial charge in [-0.05, 0) is 25.0 Å². The van der Waals surface area contributed by atoms with Gasteiger partial charge in [-0.15, -0.1) is 0 Å². The van der Waals surface area contributed by atoms with Crippen LogP contribution in [-0.2, 0) is 9.53 Å². The van der Waals surface area contributed by atoms with Gasteiger partial charge in [-0.25, -0.2) is 0 Å². The Morgan fingerprint density at radius 2 is 2.27 bits per heavy atom. The highest BCUT2D eigenvalue weighted by Crippen LogP contribution is 2.28. The minimum atomic E-state index is 0.0316. The molecule has 1 N–H and O–H groups in total. The van der Waals surface area contributed by atoms with Gasteiger partial charge in [0.2, 0.25) is 17.6 Å². The van der Waals surface area contributed by atoms with Gasteiger partial charge in [0, 0.05) is 36.8 Å². The molecule has 2 saturated heterocycles. The maximum atomic E-state index is 12.0.